The number of nitrogens with zero attached hydrogens (tertiary/aromatic N) is 5. The van der Waals surface area contributed by atoms with Crippen LogP contribution in [0.25, 0.3) is 0 Å². The number of pyridine rings is 1. The van der Waals surface area contributed by atoms with Crippen LogP contribution in [0.3, 0.4) is 0 Å². The highest BCUT2D eigenvalue weighted by molar-refractivity contribution is 5.20. The van der Waals surface area contributed by atoms with Gasteiger partial charge < -0.3 is 10.1 Å². The van der Waals surface area contributed by atoms with Crippen molar-refractivity contribution in [3.8, 4) is 5.88 Å². The number of rotatable bonds is 5. The molecule has 2 heterocycles. The fourth-order valence-corrected chi connectivity index (χ4v) is 1.38. The summed E-state index contributed by atoms with van der Waals surface area (Å²) < 4.78 is 5.05. The van der Waals surface area contributed by atoms with Crippen LogP contribution in [0.15, 0.2) is 18.3 Å². The lowest BCUT2D eigenvalue weighted by atomic mass is 10.2. The molecular weight excluding hydrogens is 220 g/mol. The Morgan fingerprint density at radius 1 is 1.41 bits per heavy atom. The maximum Gasteiger partial charge on any atom is 0.213 e. The van der Waals surface area contributed by atoms with E-state index in [4.69, 9.17) is 4.74 Å². The average Bonchev–Trinajstić information content (AvgIpc) is 2.75. The van der Waals surface area contributed by atoms with Crippen LogP contribution in [0, 0.1) is 0 Å². The van der Waals surface area contributed by atoms with Crippen molar-refractivity contribution in [2.45, 2.75) is 13.1 Å². The van der Waals surface area contributed by atoms with E-state index in [0.29, 0.717) is 24.8 Å². The molecule has 0 saturated carbocycles. The Hall–Kier alpha value is -2.02. The molecule has 0 aliphatic rings. The second kappa shape index (κ2) is 5.35. The van der Waals surface area contributed by atoms with Gasteiger partial charge in [-0.3, -0.25) is 0 Å². The maximum absolute atomic E-state index is 5.05. The van der Waals surface area contributed by atoms with E-state index >= 15 is 0 Å². The minimum atomic E-state index is 0.582. The number of aryl methyl sites for hydroxylation is 1. The largest absolute Gasteiger partial charge is 0.481 e. The molecule has 0 aliphatic heterocycles. The van der Waals surface area contributed by atoms with E-state index in [1.54, 1.807) is 20.4 Å². The molecule has 0 bridgehead atoms. The van der Waals surface area contributed by atoms with Crippen molar-refractivity contribution < 1.29 is 4.74 Å². The zero-order chi connectivity index (χ0) is 12.1. The summed E-state index contributed by atoms with van der Waals surface area (Å²) in [7, 11) is 3.34. The second-order valence-electron chi connectivity index (χ2n) is 3.51. The predicted octanol–water partition coefficient (Wildman–Crippen LogP) is -0.0965. The molecule has 0 fully saturated rings. The lowest BCUT2D eigenvalue weighted by Crippen LogP contribution is -2.14. The average molecular weight is 234 g/mol. The number of hydrogen-bond acceptors (Lipinski definition) is 6. The van der Waals surface area contributed by atoms with Gasteiger partial charge in [-0.15, -0.1) is 10.2 Å². The Bertz CT molecular complexity index is 483. The van der Waals surface area contributed by atoms with Crippen molar-refractivity contribution >= 4 is 0 Å². The Morgan fingerprint density at radius 2 is 2.29 bits per heavy atom. The van der Waals surface area contributed by atoms with Crippen LogP contribution >= 0.6 is 0 Å². The smallest absolute Gasteiger partial charge is 0.213 e. The summed E-state index contributed by atoms with van der Waals surface area (Å²) in [6, 6.07) is 3.82. The summed E-state index contributed by atoms with van der Waals surface area (Å²) in [5.74, 6) is 1.29. The highest BCUT2D eigenvalue weighted by Gasteiger charge is 2.00. The highest BCUT2D eigenvalue weighted by Crippen LogP contribution is 2.07. The summed E-state index contributed by atoms with van der Waals surface area (Å²) in [5.41, 5.74) is 1.10. The van der Waals surface area contributed by atoms with Gasteiger partial charge in [0.1, 0.15) is 0 Å². The molecule has 2 aromatic heterocycles. The first-order chi connectivity index (χ1) is 8.28. The Morgan fingerprint density at radius 3 is 3.00 bits per heavy atom. The number of nitrogens with one attached hydrogen (secondary N) is 1. The number of tetrazole rings is 1. The summed E-state index contributed by atoms with van der Waals surface area (Å²) >= 11 is 0. The molecule has 0 aliphatic carbocycles. The number of hydrogen-bond donors (Lipinski definition) is 1. The van der Waals surface area contributed by atoms with Gasteiger partial charge in [0.25, 0.3) is 0 Å². The van der Waals surface area contributed by atoms with E-state index in [1.807, 2.05) is 12.1 Å². The lowest BCUT2D eigenvalue weighted by molar-refractivity contribution is 0.397. The van der Waals surface area contributed by atoms with Gasteiger partial charge in [-0.1, -0.05) is 0 Å². The van der Waals surface area contributed by atoms with Crippen LogP contribution in [0.4, 0.5) is 0 Å². The van der Waals surface area contributed by atoms with Crippen LogP contribution in [0.5, 0.6) is 5.88 Å². The first-order valence-corrected chi connectivity index (χ1v) is 5.20. The van der Waals surface area contributed by atoms with Gasteiger partial charge >= 0.3 is 0 Å². The molecule has 0 radical (unpaired) electrons. The zero-order valence-corrected chi connectivity index (χ0v) is 9.79. The lowest BCUT2D eigenvalue weighted by Gasteiger charge is -2.03. The van der Waals surface area contributed by atoms with Crippen LogP contribution in [-0.4, -0.2) is 32.3 Å². The number of methoxy groups -OCH3 is 1. The normalized spacial score (nSPS) is 10.5. The molecule has 0 unspecified atom stereocenters. The first-order valence-electron chi connectivity index (χ1n) is 5.20. The fraction of sp³-hybridized carbons (Fsp3) is 0.400. The molecule has 90 valence electrons. The van der Waals surface area contributed by atoms with Gasteiger partial charge in [0.05, 0.1) is 20.7 Å². The fourth-order valence-electron chi connectivity index (χ4n) is 1.38. The van der Waals surface area contributed by atoms with Crippen LogP contribution in [0.1, 0.15) is 11.4 Å². The third-order valence-electron chi connectivity index (χ3n) is 2.17. The molecule has 7 heteroatoms. The predicted molar refractivity (Wildman–Crippen MR) is 60.1 cm³/mol. The van der Waals surface area contributed by atoms with Crippen LogP contribution in [0.2, 0.25) is 0 Å². The Kier molecular flexibility index (Phi) is 3.61. The molecule has 17 heavy (non-hydrogen) atoms. The summed E-state index contributed by atoms with van der Waals surface area (Å²) in [5, 5.41) is 14.9. The molecule has 1 N–H and O–H groups in total. The van der Waals surface area contributed by atoms with Crippen molar-refractivity contribution in [2.24, 2.45) is 7.05 Å². The second-order valence-corrected chi connectivity index (χ2v) is 3.51. The van der Waals surface area contributed by atoms with E-state index in [9.17, 15) is 0 Å². The summed E-state index contributed by atoms with van der Waals surface area (Å²) in [6.07, 6.45) is 1.72. The topological polar surface area (TPSA) is 77.8 Å². The SMILES string of the molecule is COc1cc(CNCc2nnn(C)n2)ccn1. The molecule has 0 atom stereocenters. The van der Waals surface area contributed by atoms with E-state index in [0.717, 1.165) is 5.56 Å². The molecule has 2 rings (SSSR count). The Labute approximate surface area is 98.8 Å². The van der Waals surface area contributed by atoms with E-state index in [2.05, 4.69) is 25.7 Å². The molecule has 0 aromatic carbocycles. The number of aromatic nitrogens is 5. The van der Waals surface area contributed by atoms with E-state index < -0.39 is 0 Å². The van der Waals surface area contributed by atoms with Gasteiger partial charge in [-0.05, 0) is 16.8 Å². The first kappa shape index (κ1) is 11.5. The molecule has 0 amide bonds. The van der Waals surface area contributed by atoms with Gasteiger partial charge in [-0.25, -0.2) is 4.98 Å². The molecule has 2 aromatic rings. The quantitative estimate of drug-likeness (QED) is 0.778. The van der Waals surface area contributed by atoms with Crippen molar-refractivity contribution in [3.05, 3.63) is 29.7 Å². The van der Waals surface area contributed by atoms with Gasteiger partial charge in [-0.2, -0.15) is 4.80 Å². The molecule has 7 nitrogen and oxygen atoms in total. The van der Waals surface area contributed by atoms with Crippen LogP contribution < -0.4 is 10.1 Å². The van der Waals surface area contributed by atoms with Gasteiger partial charge in [0.15, 0.2) is 5.82 Å². The van der Waals surface area contributed by atoms with E-state index in [-0.39, 0.29) is 0 Å². The highest BCUT2D eigenvalue weighted by atomic mass is 16.5. The van der Waals surface area contributed by atoms with Crippen molar-refractivity contribution in [2.75, 3.05) is 7.11 Å². The van der Waals surface area contributed by atoms with Crippen LogP contribution in [-0.2, 0) is 20.1 Å². The van der Waals surface area contributed by atoms with Crippen molar-refractivity contribution in [3.63, 3.8) is 0 Å². The Balaban J connectivity index is 1.85. The standard InChI is InChI=1S/C10H14N6O/c1-16-14-9(13-15-16)7-11-6-8-3-4-12-10(5-8)17-2/h3-5,11H,6-7H2,1-2H3. The molecule has 0 spiro atoms. The maximum atomic E-state index is 5.05. The molecule has 0 saturated heterocycles. The molecular formula is C10H14N6O. The monoisotopic (exact) mass is 234 g/mol. The summed E-state index contributed by atoms with van der Waals surface area (Å²) in [6.45, 7) is 1.29. The van der Waals surface area contributed by atoms with Crippen molar-refractivity contribution in [1.82, 2.24) is 30.5 Å². The van der Waals surface area contributed by atoms with E-state index in [1.165, 1.54) is 4.80 Å². The minimum Gasteiger partial charge on any atom is -0.481 e. The summed E-state index contributed by atoms with van der Waals surface area (Å²) in [4.78, 5) is 5.48. The van der Waals surface area contributed by atoms with Gasteiger partial charge in [0.2, 0.25) is 5.88 Å². The van der Waals surface area contributed by atoms with Crippen molar-refractivity contribution in [1.29, 1.82) is 0 Å². The van der Waals surface area contributed by atoms with Gasteiger partial charge in [0, 0.05) is 18.8 Å². The minimum absolute atomic E-state index is 0.582. The number of ether oxygens (including phenoxy) is 1. The third-order valence-corrected chi connectivity index (χ3v) is 2.17. The third kappa shape index (κ3) is 3.22. The zero-order valence-electron chi connectivity index (χ0n) is 9.79.